The number of para-hydroxylation sites is 1. The van der Waals surface area contributed by atoms with E-state index in [1.54, 1.807) is 30.0 Å². The highest BCUT2D eigenvalue weighted by molar-refractivity contribution is 6.01. The molecule has 0 fully saturated rings. The number of amides is 1. The van der Waals surface area contributed by atoms with E-state index < -0.39 is 0 Å². The first-order chi connectivity index (χ1) is 17.1. The standard InChI is InChI=1S/C27H24FN5O2/c1-35-24-10-6-5-9-20(24)13-16-25(34)30-26-31-27-29-22(18-7-3-2-4-8-18)17-23(33(27)32-26)19-11-14-21(28)15-12-19/h2-16,22-23H,17H2,1H3,(H2,29,30,31,32,34)/b16-13+. The normalized spacial score (nSPS) is 17.0. The van der Waals surface area contributed by atoms with Crippen LogP contribution < -0.4 is 15.4 Å². The maximum atomic E-state index is 13.6. The number of carbonyl (C=O) groups excluding carboxylic acids is 1. The highest BCUT2D eigenvalue weighted by atomic mass is 19.1. The summed E-state index contributed by atoms with van der Waals surface area (Å²) in [4.78, 5) is 17.1. The third-order valence-electron chi connectivity index (χ3n) is 5.93. The van der Waals surface area contributed by atoms with Crippen LogP contribution in [-0.4, -0.2) is 27.8 Å². The predicted octanol–water partition coefficient (Wildman–Crippen LogP) is 5.22. The van der Waals surface area contributed by atoms with E-state index >= 15 is 0 Å². The molecule has 0 radical (unpaired) electrons. The number of aromatic nitrogens is 3. The predicted molar refractivity (Wildman–Crippen MR) is 133 cm³/mol. The molecule has 2 heterocycles. The molecule has 0 saturated heterocycles. The van der Waals surface area contributed by atoms with E-state index in [2.05, 4.69) is 32.8 Å². The first-order valence-electron chi connectivity index (χ1n) is 11.3. The number of rotatable bonds is 6. The molecule has 1 aliphatic heterocycles. The van der Waals surface area contributed by atoms with Gasteiger partial charge in [-0.25, -0.2) is 9.07 Å². The Balaban J connectivity index is 1.41. The molecule has 35 heavy (non-hydrogen) atoms. The minimum atomic E-state index is -0.364. The van der Waals surface area contributed by atoms with E-state index in [1.165, 1.54) is 18.2 Å². The van der Waals surface area contributed by atoms with E-state index in [1.807, 2.05) is 42.5 Å². The van der Waals surface area contributed by atoms with Crippen molar-refractivity contribution in [3.63, 3.8) is 0 Å². The third-order valence-corrected chi connectivity index (χ3v) is 5.93. The lowest BCUT2D eigenvalue weighted by Gasteiger charge is -2.31. The van der Waals surface area contributed by atoms with Gasteiger partial charge in [-0.2, -0.15) is 4.98 Å². The largest absolute Gasteiger partial charge is 0.496 e. The second kappa shape index (κ2) is 9.80. The summed E-state index contributed by atoms with van der Waals surface area (Å²) in [6, 6.07) is 23.7. The quantitative estimate of drug-likeness (QED) is 0.378. The van der Waals surface area contributed by atoms with Crippen molar-refractivity contribution in [3.05, 3.63) is 107 Å². The molecule has 1 aromatic heterocycles. The minimum Gasteiger partial charge on any atom is -0.496 e. The van der Waals surface area contributed by atoms with E-state index in [9.17, 15) is 9.18 Å². The van der Waals surface area contributed by atoms with Crippen molar-refractivity contribution < 1.29 is 13.9 Å². The zero-order valence-corrected chi connectivity index (χ0v) is 19.1. The molecule has 8 heteroatoms. The fraction of sp³-hybridized carbons (Fsp3) is 0.148. The Bertz CT molecular complexity index is 1350. The number of benzene rings is 3. The van der Waals surface area contributed by atoms with Crippen molar-refractivity contribution in [1.29, 1.82) is 0 Å². The summed E-state index contributed by atoms with van der Waals surface area (Å²) in [5, 5.41) is 10.7. The Labute approximate surface area is 202 Å². The van der Waals surface area contributed by atoms with E-state index in [0.717, 1.165) is 16.7 Å². The van der Waals surface area contributed by atoms with E-state index in [0.29, 0.717) is 18.1 Å². The SMILES string of the molecule is COc1ccccc1/C=C/C(=O)Nc1nc2n(n1)C(c1ccc(F)cc1)CC(c1ccccc1)N2. The Kier molecular flexibility index (Phi) is 6.26. The van der Waals surface area contributed by atoms with Gasteiger partial charge in [0.25, 0.3) is 11.9 Å². The van der Waals surface area contributed by atoms with Crippen LogP contribution in [0.15, 0.2) is 84.9 Å². The minimum absolute atomic E-state index is 0.0167. The zero-order chi connectivity index (χ0) is 24.2. The maximum Gasteiger partial charge on any atom is 0.250 e. The molecule has 0 aliphatic carbocycles. The average Bonchev–Trinajstić information content (AvgIpc) is 3.30. The number of halogens is 1. The molecule has 3 aromatic carbocycles. The van der Waals surface area contributed by atoms with Gasteiger partial charge in [0, 0.05) is 11.6 Å². The molecule has 1 aliphatic rings. The lowest BCUT2D eigenvalue weighted by atomic mass is 9.93. The fourth-order valence-corrected chi connectivity index (χ4v) is 4.22. The van der Waals surface area contributed by atoms with Crippen LogP contribution in [0.25, 0.3) is 6.08 Å². The van der Waals surface area contributed by atoms with Crippen molar-refractivity contribution in [2.75, 3.05) is 17.7 Å². The second-order valence-corrected chi connectivity index (χ2v) is 8.18. The van der Waals surface area contributed by atoms with Gasteiger partial charge in [-0.3, -0.25) is 10.1 Å². The Morgan fingerprint density at radius 2 is 1.80 bits per heavy atom. The first-order valence-corrected chi connectivity index (χ1v) is 11.3. The molecule has 4 aromatic rings. The number of nitrogens with zero attached hydrogens (tertiary/aromatic N) is 3. The molecule has 176 valence electrons. The molecule has 0 bridgehead atoms. The number of fused-ring (bicyclic) bond motifs is 1. The van der Waals surface area contributed by atoms with Gasteiger partial charge < -0.3 is 10.1 Å². The van der Waals surface area contributed by atoms with Gasteiger partial charge in [0.2, 0.25) is 5.95 Å². The van der Waals surface area contributed by atoms with Crippen LogP contribution in [0.2, 0.25) is 0 Å². The Morgan fingerprint density at radius 3 is 2.57 bits per heavy atom. The van der Waals surface area contributed by atoms with E-state index in [-0.39, 0.29) is 29.8 Å². The molecule has 7 nitrogen and oxygen atoms in total. The van der Waals surface area contributed by atoms with E-state index in [4.69, 9.17) is 4.74 Å². The highest BCUT2D eigenvalue weighted by Gasteiger charge is 2.31. The monoisotopic (exact) mass is 469 g/mol. The van der Waals surface area contributed by atoms with Gasteiger partial charge in [-0.05, 0) is 41.8 Å². The summed E-state index contributed by atoms with van der Waals surface area (Å²) in [6.45, 7) is 0. The van der Waals surface area contributed by atoms with Gasteiger partial charge in [0.15, 0.2) is 0 Å². The van der Waals surface area contributed by atoms with Crippen LogP contribution in [0.3, 0.4) is 0 Å². The van der Waals surface area contributed by atoms with Gasteiger partial charge >= 0.3 is 0 Å². The fourth-order valence-electron chi connectivity index (χ4n) is 4.22. The van der Waals surface area contributed by atoms with Crippen LogP contribution in [0, 0.1) is 5.82 Å². The number of anilines is 2. The number of hydrogen-bond donors (Lipinski definition) is 2. The zero-order valence-electron chi connectivity index (χ0n) is 19.1. The smallest absolute Gasteiger partial charge is 0.250 e. The van der Waals surface area contributed by atoms with Crippen LogP contribution in [0.1, 0.15) is 35.2 Å². The lowest BCUT2D eigenvalue weighted by molar-refractivity contribution is -0.111. The Morgan fingerprint density at radius 1 is 1.06 bits per heavy atom. The molecule has 2 N–H and O–H groups in total. The summed E-state index contributed by atoms with van der Waals surface area (Å²) in [6.07, 6.45) is 3.78. The summed E-state index contributed by atoms with van der Waals surface area (Å²) >= 11 is 0. The lowest BCUT2D eigenvalue weighted by Crippen LogP contribution is -2.28. The van der Waals surface area contributed by atoms with Crippen molar-refractivity contribution in [2.45, 2.75) is 18.5 Å². The molecule has 1 amide bonds. The molecular weight excluding hydrogens is 445 g/mol. The topological polar surface area (TPSA) is 81.1 Å². The van der Waals surface area contributed by atoms with Gasteiger partial charge in [-0.1, -0.05) is 60.7 Å². The summed E-state index contributed by atoms with van der Waals surface area (Å²) in [5.74, 6) is 0.726. The molecule has 0 spiro atoms. The van der Waals surface area contributed by atoms with Gasteiger partial charge in [0.1, 0.15) is 11.6 Å². The third kappa shape index (κ3) is 4.91. The summed E-state index contributed by atoms with van der Waals surface area (Å²) in [7, 11) is 1.58. The van der Waals surface area contributed by atoms with Crippen LogP contribution in [0.5, 0.6) is 5.75 Å². The average molecular weight is 470 g/mol. The van der Waals surface area contributed by atoms with Crippen molar-refractivity contribution in [1.82, 2.24) is 14.8 Å². The molecular formula is C27H24FN5O2. The van der Waals surface area contributed by atoms with Gasteiger partial charge in [0.05, 0.1) is 19.2 Å². The molecule has 2 atom stereocenters. The first kappa shape index (κ1) is 22.3. The second-order valence-electron chi connectivity index (χ2n) is 8.18. The van der Waals surface area contributed by atoms with Gasteiger partial charge in [-0.15, -0.1) is 5.10 Å². The Hall–Kier alpha value is -4.46. The number of ether oxygens (including phenoxy) is 1. The summed E-state index contributed by atoms with van der Waals surface area (Å²) in [5.41, 5.74) is 2.80. The van der Waals surface area contributed by atoms with Crippen LogP contribution in [-0.2, 0) is 4.79 Å². The summed E-state index contributed by atoms with van der Waals surface area (Å²) < 4.78 is 20.6. The highest BCUT2D eigenvalue weighted by Crippen LogP contribution is 2.38. The molecule has 5 rings (SSSR count). The van der Waals surface area contributed by atoms with Crippen molar-refractivity contribution >= 4 is 23.9 Å². The van der Waals surface area contributed by atoms with Crippen LogP contribution >= 0.6 is 0 Å². The number of carbonyl (C=O) groups is 1. The van der Waals surface area contributed by atoms with Crippen molar-refractivity contribution in [2.24, 2.45) is 0 Å². The molecule has 0 saturated carbocycles. The molecule has 2 unspecified atom stereocenters. The number of hydrogen-bond acceptors (Lipinski definition) is 5. The maximum absolute atomic E-state index is 13.6. The van der Waals surface area contributed by atoms with Crippen molar-refractivity contribution in [3.8, 4) is 5.75 Å². The van der Waals surface area contributed by atoms with Crippen LogP contribution in [0.4, 0.5) is 16.3 Å². The number of methoxy groups -OCH3 is 1. The number of nitrogens with one attached hydrogen (secondary N) is 2.